The number of aliphatic carboxylic acids is 1. The first kappa shape index (κ1) is 28.0. The Kier molecular flexibility index (Phi) is 8.92. The van der Waals surface area contributed by atoms with Crippen LogP contribution in [0, 0.1) is 0 Å². The first-order valence-electron chi connectivity index (χ1n) is 13.1. The van der Waals surface area contributed by atoms with Gasteiger partial charge < -0.3 is 31.1 Å². The lowest BCUT2D eigenvalue weighted by atomic mass is 10.0. The van der Waals surface area contributed by atoms with Gasteiger partial charge in [-0.3, -0.25) is 9.36 Å². The predicted octanol–water partition coefficient (Wildman–Crippen LogP) is 2.30. The van der Waals surface area contributed by atoms with Gasteiger partial charge in [0.2, 0.25) is 0 Å². The Balaban J connectivity index is 1.19. The first-order valence-corrected chi connectivity index (χ1v) is 14.2. The average Bonchev–Trinajstić information content (AvgIpc) is 3.53. The van der Waals surface area contributed by atoms with Crippen molar-refractivity contribution in [3.05, 3.63) is 72.8 Å². The number of carboxylic acids is 1. The van der Waals surface area contributed by atoms with Crippen molar-refractivity contribution in [2.45, 2.75) is 43.4 Å². The van der Waals surface area contributed by atoms with Crippen molar-refractivity contribution in [3.63, 3.8) is 0 Å². The molecule has 2 aromatic heterocycles. The number of rotatable bonds is 12. The molecule has 5 rings (SSSR count). The third-order valence-corrected chi connectivity index (χ3v) is 8.00. The van der Waals surface area contributed by atoms with Crippen LogP contribution in [-0.2, 0) is 16.0 Å². The van der Waals surface area contributed by atoms with Gasteiger partial charge in [-0.25, -0.2) is 15.0 Å². The molecule has 11 nitrogen and oxygen atoms in total. The molecule has 1 fully saturated rings. The molecule has 2 aromatic carbocycles. The number of nitrogens with one attached hydrogen (secondary N) is 1. The van der Waals surface area contributed by atoms with Crippen LogP contribution in [0.3, 0.4) is 0 Å². The minimum Gasteiger partial charge on any atom is -0.480 e. The molecule has 0 aliphatic carbocycles. The van der Waals surface area contributed by atoms with Crippen molar-refractivity contribution >= 4 is 34.7 Å². The zero-order chi connectivity index (χ0) is 28.1. The van der Waals surface area contributed by atoms with Gasteiger partial charge in [0.1, 0.15) is 24.6 Å². The maximum absolute atomic E-state index is 10.9. The number of nitrogens with two attached hydrogens (primary N) is 1. The summed E-state index contributed by atoms with van der Waals surface area (Å²) in [4.78, 5) is 24.0. The Hall–Kier alpha value is -3.55. The van der Waals surface area contributed by atoms with Crippen LogP contribution in [0.4, 0.5) is 5.82 Å². The number of aromatic nitrogens is 4. The van der Waals surface area contributed by atoms with E-state index in [1.54, 1.807) is 4.57 Å². The molecule has 4 aromatic rings. The summed E-state index contributed by atoms with van der Waals surface area (Å²) in [5, 5.41) is 33.5. The zero-order valence-electron chi connectivity index (χ0n) is 21.7. The molecular formula is C28H32N6O5S. The van der Waals surface area contributed by atoms with Crippen LogP contribution in [0.5, 0.6) is 0 Å². The zero-order valence-corrected chi connectivity index (χ0v) is 22.5. The van der Waals surface area contributed by atoms with Crippen LogP contribution in [0.1, 0.15) is 18.2 Å². The Labute approximate surface area is 235 Å². The van der Waals surface area contributed by atoms with Crippen molar-refractivity contribution in [2.24, 2.45) is 5.73 Å². The summed E-state index contributed by atoms with van der Waals surface area (Å²) >= 11 is 1.41. The molecule has 1 saturated heterocycles. The van der Waals surface area contributed by atoms with Crippen LogP contribution in [0.2, 0.25) is 0 Å². The molecule has 0 saturated carbocycles. The fourth-order valence-electron chi connectivity index (χ4n) is 4.62. The van der Waals surface area contributed by atoms with E-state index in [1.807, 2.05) is 18.2 Å². The summed E-state index contributed by atoms with van der Waals surface area (Å²) in [5.41, 5.74) is 10.1. The number of fused-ring (bicyclic) bond motifs is 1. The van der Waals surface area contributed by atoms with Crippen LogP contribution in [-0.4, -0.2) is 83.2 Å². The monoisotopic (exact) mass is 564 g/mol. The SMILES string of the molecule is NC(CCSC[C@H]1O[C@@H](n2cnc3c(NCCc4ccc(-c5ccccc5)cc4)ncnc32)[C@H](O)[C@@H]1O)C(=O)O. The number of hydrogen-bond donors (Lipinski definition) is 5. The molecule has 210 valence electrons. The second-order valence-electron chi connectivity index (χ2n) is 9.64. The van der Waals surface area contributed by atoms with E-state index in [0.29, 0.717) is 41.5 Å². The molecule has 0 radical (unpaired) electrons. The minimum atomic E-state index is -1.19. The lowest BCUT2D eigenvalue weighted by Gasteiger charge is -2.16. The summed E-state index contributed by atoms with van der Waals surface area (Å²) in [6.07, 6.45) is 0.212. The van der Waals surface area contributed by atoms with Crippen molar-refractivity contribution in [1.82, 2.24) is 19.5 Å². The highest BCUT2D eigenvalue weighted by Gasteiger charge is 2.44. The van der Waals surface area contributed by atoms with Gasteiger partial charge in [-0.05, 0) is 35.3 Å². The number of imidazole rings is 1. The van der Waals surface area contributed by atoms with Gasteiger partial charge in [-0.1, -0.05) is 54.6 Å². The van der Waals surface area contributed by atoms with E-state index in [1.165, 1.54) is 41.1 Å². The average molecular weight is 565 g/mol. The molecule has 0 bridgehead atoms. The molecule has 3 heterocycles. The number of aliphatic hydroxyl groups excluding tert-OH is 2. The van der Waals surface area contributed by atoms with E-state index in [4.69, 9.17) is 15.6 Å². The van der Waals surface area contributed by atoms with Gasteiger partial charge in [0, 0.05) is 12.3 Å². The molecule has 0 amide bonds. The molecule has 6 N–H and O–H groups in total. The van der Waals surface area contributed by atoms with Crippen molar-refractivity contribution in [3.8, 4) is 11.1 Å². The second-order valence-corrected chi connectivity index (χ2v) is 10.8. The first-order chi connectivity index (χ1) is 19.4. The lowest BCUT2D eigenvalue weighted by molar-refractivity contribution is -0.138. The molecule has 0 spiro atoms. The van der Waals surface area contributed by atoms with Gasteiger partial charge >= 0.3 is 5.97 Å². The third-order valence-electron chi connectivity index (χ3n) is 6.91. The fraction of sp³-hybridized carbons (Fsp3) is 0.357. The molecule has 12 heteroatoms. The summed E-state index contributed by atoms with van der Waals surface area (Å²) in [6.45, 7) is 0.635. The number of carbonyl (C=O) groups is 1. The topological polar surface area (TPSA) is 169 Å². The predicted molar refractivity (Wildman–Crippen MR) is 153 cm³/mol. The molecule has 1 unspecified atom stereocenters. The standard InChI is InChI=1S/C28H32N6O5S/c29-20(28(37)38)11-13-40-14-21-23(35)24(36)27(39-21)34-16-33-22-25(31-15-32-26(22)34)30-12-10-17-6-8-19(9-7-17)18-4-2-1-3-5-18/h1-9,15-16,20-21,23-24,27,35-36H,10-14,29H2,(H,37,38)(H,30,31,32)/t20?,21-,23-,24-,27-/m1/s1. The van der Waals surface area contributed by atoms with Crippen LogP contribution in [0.25, 0.3) is 22.3 Å². The van der Waals surface area contributed by atoms with E-state index in [9.17, 15) is 15.0 Å². The van der Waals surface area contributed by atoms with Crippen LogP contribution in [0.15, 0.2) is 67.3 Å². The largest absolute Gasteiger partial charge is 0.480 e. The van der Waals surface area contributed by atoms with Crippen molar-refractivity contribution in [2.75, 3.05) is 23.4 Å². The van der Waals surface area contributed by atoms with Gasteiger partial charge in [0.15, 0.2) is 23.2 Å². The number of ether oxygens (including phenoxy) is 1. The maximum atomic E-state index is 10.9. The van der Waals surface area contributed by atoms with Crippen molar-refractivity contribution in [1.29, 1.82) is 0 Å². The molecule has 1 aliphatic heterocycles. The van der Waals surface area contributed by atoms with E-state index in [2.05, 4.69) is 56.7 Å². The lowest BCUT2D eigenvalue weighted by Crippen LogP contribution is -2.33. The van der Waals surface area contributed by atoms with Crippen LogP contribution < -0.4 is 11.1 Å². The quantitative estimate of drug-likeness (QED) is 0.160. The Morgan fingerprint density at radius 3 is 2.55 bits per heavy atom. The summed E-state index contributed by atoms with van der Waals surface area (Å²) in [6, 6.07) is 17.8. The van der Waals surface area contributed by atoms with Gasteiger partial charge in [-0.2, -0.15) is 11.8 Å². The van der Waals surface area contributed by atoms with E-state index in [-0.39, 0.29) is 0 Å². The molecule has 1 aliphatic rings. The Morgan fingerprint density at radius 2 is 1.80 bits per heavy atom. The highest BCUT2D eigenvalue weighted by atomic mass is 32.2. The smallest absolute Gasteiger partial charge is 0.320 e. The van der Waals surface area contributed by atoms with E-state index >= 15 is 0 Å². The molecule has 5 atom stereocenters. The Bertz CT molecular complexity index is 1420. The minimum absolute atomic E-state index is 0.298. The number of benzene rings is 2. The number of aliphatic hydroxyl groups is 2. The summed E-state index contributed by atoms with van der Waals surface area (Å²) in [5.74, 6) is 0.393. The Morgan fingerprint density at radius 1 is 1.05 bits per heavy atom. The van der Waals surface area contributed by atoms with Crippen LogP contribution >= 0.6 is 11.8 Å². The number of hydrogen-bond acceptors (Lipinski definition) is 10. The van der Waals surface area contributed by atoms with Crippen molar-refractivity contribution < 1.29 is 24.9 Å². The third kappa shape index (κ3) is 6.26. The fourth-order valence-corrected chi connectivity index (χ4v) is 5.71. The van der Waals surface area contributed by atoms with Gasteiger partial charge in [-0.15, -0.1) is 0 Å². The summed E-state index contributed by atoms with van der Waals surface area (Å²) in [7, 11) is 0. The number of nitrogens with zero attached hydrogens (tertiary/aromatic N) is 4. The van der Waals surface area contributed by atoms with E-state index in [0.717, 1.165) is 6.42 Å². The number of carboxylic acid groups (broad SMARTS) is 1. The highest BCUT2D eigenvalue weighted by Crippen LogP contribution is 2.33. The summed E-state index contributed by atoms with van der Waals surface area (Å²) < 4.78 is 7.59. The molecular weight excluding hydrogens is 532 g/mol. The highest BCUT2D eigenvalue weighted by molar-refractivity contribution is 7.99. The van der Waals surface area contributed by atoms with Gasteiger partial charge in [0.05, 0.1) is 12.4 Å². The molecule has 40 heavy (non-hydrogen) atoms. The number of anilines is 1. The maximum Gasteiger partial charge on any atom is 0.320 e. The van der Waals surface area contributed by atoms with Gasteiger partial charge in [0.25, 0.3) is 0 Å². The van der Waals surface area contributed by atoms with E-state index < -0.39 is 36.6 Å². The number of thioether (sulfide) groups is 1. The second kappa shape index (κ2) is 12.7. The normalized spacial score (nSPS) is 21.5.